The molecule has 0 atom stereocenters. The summed E-state index contributed by atoms with van der Waals surface area (Å²) in [4.78, 5) is 14.6. The number of benzene rings is 1. The zero-order valence-electron chi connectivity index (χ0n) is 16.1. The summed E-state index contributed by atoms with van der Waals surface area (Å²) in [5, 5.41) is 5.35. The van der Waals surface area contributed by atoms with Crippen molar-refractivity contribution < 1.29 is 4.79 Å². The second kappa shape index (κ2) is 8.05. The van der Waals surface area contributed by atoms with Gasteiger partial charge in [0.1, 0.15) is 0 Å². The van der Waals surface area contributed by atoms with E-state index in [0.29, 0.717) is 12.5 Å². The average molecular weight is 362 g/mol. The molecule has 0 N–H and O–H groups in total. The molecule has 0 spiro atoms. The van der Waals surface area contributed by atoms with E-state index in [1.54, 1.807) is 0 Å². The molecule has 0 aliphatic rings. The Morgan fingerprint density at radius 3 is 2.44 bits per heavy atom. The van der Waals surface area contributed by atoms with Gasteiger partial charge >= 0.3 is 0 Å². The molecule has 5 heteroatoms. The molecule has 0 saturated carbocycles. The van der Waals surface area contributed by atoms with E-state index in [-0.39, 0.29) is 5.91 Å². The topological polar surface area (TPSA) is 38.1 Å². The van der Waals surface area contributed by atoms with Crippen LogP contribution in [-0.4, -0.2) is 33.7 Å². The molecule has 2 rings (SSSR count). The van der Waals surface area contributed by atoms with E-state index in [1.165, 1.54) is 0 Å². The van der Waals surface area contributed by atoms with Crippen LogP contribution in [0.1, 0.15) is 49.2 Å². The molecule has 0 radical (unpaired) electrons. The van der Waals surface area contributed by atoms with Crippen LogP contribution >= 0.6 is 11.6 Å². The number of aromatic nitrogens is 2. The predicted molar refractivity (Wildman–Crippen MR) is 104 cm³/mol. The Bertz CT molecular complexity index is 763. The molecular weight excluding hydrogens is 334 g/mol. The normalized spacial score (nSPS) is 11.2. The molecule has 2 aromatic rings. The van der Waals surface area contributed by atoms with E-state index in [4.69, 9.17) is 11.6 Å². The summed E-state index contributed by atoms with van der Waals surface area (Å²) in [7, 11) is 1.90. The minimum Gasteiger partial charge on any atom is -0.343 e. The Morgan fingerprint density at radius 2 is 1.88 bits per heavy atom. The summed E-state index contributed by atoms with van der Waals surface area (Å²) in [5.74, 6) is 0.140. The average Bonchev–Trinajstić information content (AvgIpc) is 2.86. The summed E-state index contributed by atoms with van der Waals surface area (Å²) in [6, 6.07) is 6.19. The van der Waals surface area contributed by atoms with Gasteiger partial charge in [-0.25, -0.2) is 4.68 Å². The number of carbonyl (C=O) groups is 1. The fourth-order valence-electron chi connectivity index (χ4n) is 3.21. The smallest absolute Gasteiger partial charge is 0.227 e. The number of carbonyl (C=O) groups excluding carboxylic acids is 1. The standard InChI is InChI=1S/C20H28ClN3O/c1-7-16(8-2)23(6)20(25)12-18-14(4)22-24(15(18)5)17-10-9-13(3)19(21)11-17/h9-11,16H,7-8,12H2,1-6H3. The molecule has 4 nitrogen and oxygen atoms in total. The highest BCUT2D eigenvalue weighted by Gasteiger charge is 2.21. The van der Waals surface area contributed by atoms with Crippen LogP contribution < -0.4 is 0 Å². The third-order valence-corrected chi connectivity index (χ3v) is 5.46. The third kappa shape index (κ3) is 4.06. The lowest BCUT2D eigenvalue weighted by atomic mass is 10.1. The van der Waals surface area contributed by atoms with Crippen molar-refractivity contribution in [2.45, 2.75) is 59.9 Å². The molecule has 1 aromatic carbocycles. The minimum absolute atomic E-state index is 0.140. The van der Waals surface area contributed by atoms with Crippen molar-refractivity contribution >= 4 is 17.5 Å². The summed E-state index contributed by atoms with van der Waals surface area (Å²) >= 11 is 6.25. The van der Waals surface area contributed by atoms with Gasteiger partial charge in [0.15, 0.2) is 0 Å². The van der Waals surface area contributed by atoms with Gasteiger partial charge < -0.3 is 4.90 Å². The van der Waals surface area contributed by atoms with Crippen LogP contribution in [0, 0.1) is 20.8 Å². The van der Waals surface area contributed by atoms with Gasteiger partial charge in [0.25, 0.3) is 0 Å². The van der Waals surface area contributed by atoms with E-state index in [2.05, 4.69) is 18.9 Å². The highest BCUT2D eigenvalue weighted by molar-refractivity contribution is 6.31. The lowest BCUT2D eigenvalue weighted by Gasteiger charge is -2.26. The number of nitrogens with zero attached hydrogens (tertiary/aromatic N) is 3. The number of rotatable bonds is 6. The molecule has 1 amide bonds. The number of likely N-dealkylation sites (N-methyl/N-ethyl adjacent to an activating group) is 1. The van der Waals surface area contributed by atoms with Crippen molar-refractivity contribution in [2.75, 3.05) is 7.05 Å². The predicted octanol–water partition coefficient (Wildman–Crippen LogP) is 4.64. The maximum Gasteiger partial charge on any atom is 0.227 e. The minimum atomic E-state index is 0.140. The fraction of sp³-hybridized carbons (Fsp3) is 0.500. The first-order valence-corrected chi connectivity index (χ1v) is 9.25. The van der Waals surface area contributed by atoms with Crippen molar-refractivity contribution in [2.24, 2.45) is 0 Å². The summed E-state index contributed by atoms with van der Waals surface area (Å²) in [6.07, 6.45) is 2.32. The quantitative estimate of drug-likeness (QED) is 0.751. The fourth-order valence-corrected chi connectivity index (χ4v) is 3.39. The molecule has 1 heterocycles. The highest BCUT2D eigenvalue weighted by Crippen LogP contribution is 2.23. The SMILES string of the molecule is CCC(CC)N(C)C(=O)Cc1c(C)nn(-c2ccc(C)c(Cl)c2)c1C. The van der Waals surface area contributed by atoms with Crippen molar-refractivity contribution in [1.29, 1.82) is 0 Å². The molecular formula is C20H28ClN3O. The Balaban J connectivity index is 2.30. The Kier molecular flexibility index (Phi) is 6.28. The van der Waals surface area contributed by atoms with Gasteiger partial charge in [-0.3, -0.25) is 4.79 Å². The molecule has 0 unspecified atom stereocenters. The van der Waals surface area contributed by atoms with Crippen LogP contribution in [-0.2, 0) is 11.2 Å². The van der Waals surface area contributed by atoms with Gasteiger partial charge in [-0.05, 0) is 51.3 Å². The van der Waals surface area contributed by atoms with Gasteiger partial charge in [0, 0.05) is 29.4 Å². The summed E-state index contributed by atoms with van der Waals surface area (Å²) in [6.45, 7) is 10.2. The van der Waals surface area contributed by atoms with Gasteiger partial charge in [-0.2, -0.15) is 5.10 Å². The molecule has 0 fully saturated rings. The maximum absolute atomic E-state index is 12.7. The molecule has 0 aliphatic carbocycles. The van der Waals surface area contributed by atoms with Gasteiger partial charge in [0.05, 0.1) is 17.8 Å². The van der Waals surface area contributed by atoms with Crippen LogP contribution in [0.25, 0.3) is 5.69 Å². The van der Waals surface area contributed by atoms with Crippen molar-refractivity contribution in [1.82, 2.24) is 14.7 Å². The Labute approximate surface area is 155 Å². The van der Waals surface area contributed by atoms with Crippen LogP contribution in [0.5, 0.6) is 0 Å². The summed E-state index contributed by atoms with van der Waals surface area (Å²) < 4.78 is 1.88. The molecule has 0 aliphatic heterocycles. The lowest BCUT2D eigenvalue weighted by Crippen LogP contribution is -2.37. The van der Waals surface area contributed by atoms with E-state index in [0.717, 1.165) is 46.1 Å². The number of hydrogen-bond donors (Lipinski definition) is 0. The zero-order valence-corrected chi connectivity index (χ0v) is 16.8. The van der Waals surface area contributed by atoms with Crippen molar-refractivity contribution in [3.63, 3.8) is 0 Å². The largest absolute Gasteiger partial charge is 0.343 e. The Morgan fingerprint density at radius 1 is 1.24 bits per heavy atom. The zero-order chi connectivity index (χ0) is 18.7. The maximum atomic E-state index is 12.7. The van der Waals surface area contributed by atoms with E-state index in [1.807, 2.05) is 55.6 Å². The van der Waals surface area contributed by atoms with E-state index < -0.39 is 0 Å². The van der Waals surface area contributed by atoms with Crippen LogP contribution in [0.3, 0.4) is 0 Å². The van der Waals surface area contributed by atoms with Gasteiger partial charge in [0.2, 0.25) is 5.91 Å². The van der Waals surface area contributed by atoms with Crippen LogP contribution in [0.4, 0.5) is 0 Å². The third-order valence-electron chi connectivity index (χ3n) is 5.05. The van der Waals surface area contributed by atoms with Crippen LogP contribution in [0.2, 0.25) is 5.02 Å². The van der Waals surface area contributed by atoms with Crippen LogP contribution in [0.15, 0.2) is 18.2 Å². The first kappa shape index (κ1) is 19.5. The molecule has 1 aromatic heterocycles. The summed E-state index contributed by atoms with van der Waals surface area (Å²) in [5.41, 5.74) is 4.83. The van der Waals surface area contributed by atoms with Gasteiger partial charge in [-0.15, -0.1) is 0 Å². The molecule has 0 saturated heterocycles. The lowest BCUT2D eigenvalue weighted by molar-refractivity contribution is -0.131. The molecule has 136 valence electrons. The van der Waals surface area contributed by atoms with Crippen molar-refractivity contribution in [3.05, 3.63) is 45.7 Å². The highest BCUT2D eigenvalue weighted by atomic mass is 35.5. The first-order valence-electron chi connectivity index (χ1n) is 8.87. The second-order valence-electron chi connectivity index (χ2n) is 6.65. The number of halogens is 1. The van der Waals surface area contributed by atoms with E-state index in [9.17, 15) is 4.79 Å². The number of hydrogen-bond acceptors (Lipinski definition) is 2. The number of aryl methyl sites for hydroxylation is 2. The Hall–Kier alpha value is -1.81. The number of amides is 1. The second-order valence-corrected chi connectivity index (χ2v) is 7.05. The molecule has 25 heavy (non-hydrogen) atoms. The monoisotopic (exact) mass is 361 g/mol. The first-order chi connectivity index (χ1) is 11.8. The van der Waals surface area contributed by atoms with Gasteiger partial charge in [-0.1, -0.05) is 31.5 Å². The molecule has 0 bridgehead atoms. The van der Waals surface area contributed by atoms with E-state index >= 15 is 0 Å². The van der Waals surface area contributed by atoms with Crippen molar-refractivity contribution in [3.8, 4) is 5.69 Å².